The van der Waals surface area contributed by atoms with Gasteiger partial charge in [-0.25, -0.2) is 0 Å². The van der Waals surface area contributed by atoms with Crippen LogP contribution < -0.4 is 5.32 Å². The first-order chi connectivity index (χ1) is 7.58. The zero-order chi connectivity index (χ0) is 12.1. The molecule has 0 radical (unpaired) electrons. The van der Waals surface area contributed by atoms with Gasteiger partial charge in [-0.1, -0.05) is 17.7 Å². The molecule has 4 heteroatoms. The highest BCUT2D eigenvalue weighted by Gasteiger charge is 2.08. The van der Waals surface area contributed by atoms with Gasteiger partial charge in [0.1, 0.15) is 0 Å². The molecule has 0 saturated carbocycles. The lowest BCUT2D eigenvalue weighted by molar-refractivity contribution is -0.119. The summed E-state index contributed by atoms with van der Waals surface area (Å²) in [5, 5.41) is 3.28. The Morgan fingerprint density at radius 1 is 1.38 bits per heavy atom. The van der Waals surface area contributed by atoms with Crippen molar-refractivity contribution >= 4 is 29.1 Å². The van der Waals surface area contributed by atoms with E-state index in [4.69, 9.17) is 23.2 Å². The maximum Gasteiger partial charge on any atom is 0.224 e. The van der Waals surface area contributed by atoms with Gasteiger partial charge in [0.25, 0.3) is 0 Å². The van der Waals surface area contributed by atoms with Crippen molar-refractivity contribution in [3.63, 3.8) is 0 Å². The third kappa shape index (κ3) is 3.39. The maximum atomic E-state index is 11.3. The van der Waals surface area contributed by atoms with E-state index in [-0.39, 0.29) is 5.91 Å². The van der Waals surface area contributed by atoms with Crippen molar-refractivity contribution < 1.29 is 4.79 Å². The first-order valence-electron chi connectivity index (χ1n) is 5.13. The van der Waals surface area contributed by atoms with E-state index in [2.05, 4.69) is 5.32 Å². The summed E-state index contributed by atoms with van der Waals surface area (Å²) in [6.45, 7) is 1.98. The molecule has 0 spiro atoms. The number of halogens is 2. The Bertz CT molecular complexity index is 391. The number of rotatable bonds is 4. The van der Waals surface area contributed by atoms with Gasteiger partial charge in [0.05, 0.1) is 6.42 Å². The Kier molecular flexibility index (Phi) is 5.10. The monoisotopic (exact) mass is 259 g/mol. The van der Waals surface area contributed by atoms with Gasteiger partial charge in [-0.05, 0) is 36.1 Å². The van der Waals surface area contributed by atoms with Gasteiger partial charge in [-0.2, -0.15) is 0 Å². The van der Waals surface area contributed by atoms with Crippen molar-refractivity contribution in [2.45, 2.75) is 19.8 Å². The molecule has 0 aliphatic heterocycles. The van der Waals surface area contributed by atoms with Gasteiger partial charge < -0.3 is 5.32 Å². The number of benzene rings is 1. The van der Waals surface area contributed by atoms with Crippen molar-refractivity contribution in [1.29, 1.82) is 0 Å². The number of alkyl halides is 1. The second-order valence-electron chi connectivity index (χ2n) is 3.66. The summed E-state index contributed by atoms with van der Waals surface area (Å²) in [5.41, 5.74) is 3.07. The molecule has 0 heterocycles. The predicted octanol–water partition coefficient (Wildman–Crippen LogP) is 2.72. The highest BCUT2D eigenvalue weighted by molar-refractivity contribution is 6.31. The fourth-order valence-corrected chi connectivity index (χ4v) is 2.01. The number of amides is 1. The fraction of sp³-hybridized carbons (Fsp3) is 0.417. The Hall–Kier alpha value is -0.730. The summed E-state index contributed by atoms with van der Waals surface area (Å²) in [5.74, 6) is 0.540. The molecule has 2 nitrogen and oxygen atoms in total. The lowest BCUT2D eigenvalue weighted by Crippen LogP contribution is -2.20. The molecule has 0 unspecified atom stereocenters. The van der Waals surface area contributed by atoms with Gasteiger partial charge in [-0.15, -0.1) is 11.6 Å². The average molecular weight is 260 g/mol. The molecule has 0 aliphatic carbocycles. The molecule has 0 saturated heterocycles. The summed E-state index contributed by atoms with van der Waals surface area (Å²) in [6.07, 6.45) is 1.12. The van der Waals surface area contributed by atoms with Gasteiger partial charge in [0.15, 0.2) is 0 Å². The van der Waals surface area contributed by atoms with Gasteiger partial charge in [-0.3, -0.25) is 4.79 Å². The van der Waals surface area contributed by atoms with Gasteiger partial charge in [0.2, 0.25) is 5.91 Å². The fourth-order valence-electron chi connectivity index (χ4n) is 1.53. The smallest absolute Gasteiger partial charge is 0.224 e. The highest BCUT2D eigenvalue weighted by Crippen LogP contribution is 2.22. The summed E-state index contributed by atoms with van der Waals surface area (Å²) >= 11 is 11.8. The molecule has 0 bridgehead atoms. The summed E-state index contributed by atoms with van der Waals surface area (Å²) in [4.78, 5) is 11.3. The number of carbonyl (C=O) groups is 1. The SMILES string of the molecule is CNC(=O)Cc1cc(Cl)c(CCCl)cc1C. The maximum absolute atomic E-state index is 11.3. The van der Waals surface area contributed by atoms with Crippen LogP contribution in [-0.4, -0.2) is 18.8 Å². The minimum Gasteiger partial charge on any atom is -0.359 e. The number of carbonyl (C=O) groups excluding carboxylic acids is 1. The second-order valence-corrected chi connectivity index (χ2v) is 4.44. The van der Waals surface area contributed by atoms with E-state index in [1.165, 1.54) is 0 Å². The van der Waals surface area contributed by atoms with E-state index in [0.717, 1.165) is 23.1 Å². The van der Waals surface area contributed by atoms with Crippen LogP contribution in [0.25, 0.3) is 0 Å². The molecular weight excluding hydrogens is 245 g/mol. The van der Waals surface area contributed by atoms with Crippen LogP contribution in [0.1, 0.15) is 16.7 Å². The first kappa shape index (κ1) is 13.3. The Balaban J connectivity index is 2.96. The normalized spacial score (nSPS) is 10.2. The van der Waals surface area contributed by atoms with Gasteiger partial charge >= 0.3 is 0 Å². The average Bonchev–Trinajstić information content (AvgIpc) is 2.25. The van der Waals surface area contributed by atoms with Crippen LogP contribution in [0.3, 0.4) is 0 Å². The lowest BCUT2D eigenvalue weighted by Gasteiger charge is -2.09. The van der Waals surface area contributed by atoms with Crippen molar-refractivity contribution in [3.05, 3.63) is 33.8 Å². The lowest BCUT2D eigenvalue weighted by atomic mass is 10.0. The zero-order valence-corrected chi connectivity index (χ0v) is 11.0. The molecule has 1 amide bonds. The van der Waals surface area contributed by atoms with E-state index in [9.17, 15) is 4.79 Å². The molecule has 1 aromatic rings. The van der Waals surface area contributed by atoms with Crippen LogP contribution in [0.4, 0.5) is 0 Å². The number of likely N-dealkylation sites (N-methyl/N-ethyl adjacent to an activating group) is 1. The number of hydrogen-bond acceptors (Lipinski definition) is 1. The standard InChI is InChI=1S/C12H15Cl2NO/c1-8-5-9(3-4-13)11(14)6-10(8)7-12(16)15-2/h5-6H,3-4,7H2,1-2H3,(H,15,16). The summed E-state index contributed by atoms with van der Waals surface area (Å²) in [7, 11) is 1.63. The summed E-state index contributed by atoms with van der Waals surface area (Å²) < 4.78 is 0. The first-order valence-corrected chi connectivity index (χ1v) is 6.04. The molecule has 0 aliphatic rings. The molecule has 0 atom stereocenters. The van der Waals surface area contributed by atoms with Crippen LogP contribution >= 0.6 is 23.2 Å². The Labute approximate surface area is 106 Å². The molecule has 0 aromatic heterocycles. The number of aryl methyl sites for hydroxylation is 2. The van der Waals surface area contributed by atoms with Crippen LogP contribution in [0.2, 0.25) is 5.02 Å². The van der Waals surface area contributed by atoms with Crippen LogP contribution in [0.15, 0.2) is 12.1 Å². The predicted molar refractivity (Wildman–Crippen MR) is 68.4 cm³/mol. The van der Waals surface area contributed by atoms with Crippen molar-refractivity contribution in [3.8, 4) is 0 Å². The number of hydrogen-bond donors (Lipinski definition) is 1. The molecule has 1 aromatic carbocycles. The summed E-state index contributed by atoms with van der Waals surface area (Å²) in [6, 6.07) is 3.86. The van der Waals surface area contributed by atoms with E-state index < -0.39 is 0 Å². The molecule has 88 valence electrons. The third-order valence-electron chi connectivity index (χ3n) is 2.50. The van der Waals surface area contributed by atoms with Crippen LogP contribution in [-0.2, 0) is 17.6 Å². The number of nitrogens with one attached hydrogen (secondary N) is 1. The molecule has 1 rings (SSSR count). The molecule has 0 fully saturated rings. The zero-order valence-electron chi connectivity index (χ0n) is 9.44. The van der Waals surface area contributed by atoms with E-state index >= 15 is 0 Å². The van der Waals surface area contributed by atoms with Crippen LogP contribution in [0.5, 0.6) is 0 Å². The minimum absolute atomic E-state index is 0.00994. The topological polar surface area (TPSA) is 29.1 Å². The highest BCUT2D eigenvalue weighted by atomic mass is 35.5. The van der Waals surface area contributed by atoms with E-state index in [1.807, 2.05) is 19.1 Å². The largest absolute Gasteiger partial charge is 0.359 e. The van der Waals surface area contributed by atoms with Crippen molar-refractivity contribution in [2.75, 3.05) is 12.9 Å². The van der Waals surface area contributed by atoms with Crippen molar-refractivity contribution in [2.24, 2.45) is 0 Å². The Morgan fingerprint density at radius 2 is 2.06 bits per heavy atom. The molecule has 1 N–H and O–H groups in total. The van der Waals surface area contributed by atoms with Crippen molar-refractivity contribution in [1.82, 2.24) is 5.32 Å². The van der Waals surface area contributed by atoms with E-state index in [0.29, 0.717) is 17.3 Å². The van der Waals surface area contributed by atoms with Crippen LogP contribution in [0, 0.1) is 6.92 Å². The molecule has 16 heavy (non-hydrogen) atoms. The Morgan fingerprint density at radius 3 is 2.62 bits per heavy atom. The van der Waals surface area contributed by atoms with Gasteiger partial charge in [0, 0.05) is 18.0 Å². The van der Waals surface area contributed by atoms with E-state index in [1.54, 1.807) is 7.05 Å². The minimum atomic E-state index is -0.00994. The second kappa shape index (κ2) is 6.12. The third-order valence-corrected chi connectivity index (χ3v) is 3.04. The molecular formula is C12H15Cl2NO. The quantitative estimate of drug-likeness (QED) is 0.828.